The van der Waals surface area contributed by atoms with Crippen molar-refractivity contribution in [3.05, 3.63) is 101 Å². The second-order valence-corrected chi connectivity index (χ2v) is 10.3. The number of nitrogens with zero attached hydrogens (tertiary/aromatic N) is 1. The van der Waals surface area contributed by atoms with E-state index in [1.165, 1.54) is 42.5 Å². The van der Waals surface area contributed by atoms with E-state index in [4.69, 9.17) is 9.26 Å². The van der Waals surface area contributed by atoms with Crippen molar-refractivity contribution >= 4 is 23.7 Å². The van der Waals surface area contributed by atoms with Gasteiger partial charge < -0.3 is 25.2 Å². The van der Waals surface area contributed by atoms with E-state index in [0.717, 1.165) is 5.56 Å². The molecule has 228 valence electrons. The van der Waals surface area contributed by atoms with Gasteiger partial charge in [0.25, 0.3) is 5.91 Å². The zero-order chi connectivity index (χ0) is 31.4. The van der Waals surface area contributed by atoms with E-state index < -0.39 is 47.6 Å². The van der Waals surface area contributed by atoms with E-state index in [9.17, 15) is 23.6 Å². The molecule has 3 amide bonds. The number of carbonyl (C=O) groups excluding carboxylic acids is 4. The summed E-state index contributed by atoms with van der Waals surface area (Å²) < 4.78 is 23.5. The van der Waals surface area contributed by atoms with E-state index >= 15 is 0 Å². The largest absolute Gasteiger partial charge is 0.463 e. The van der Waals surface area contributed by atoms with Gasteiger partial charge in [-0.25, -0.2) is 9.18 Å². The summed E-state index contributed by atoms with van der Waals surface area (Å²) in [7, 11) is 0. The van der Waals surface area contributed by atoms with Crippen LogP contribution in [-0.4, -0.2) is 53.6 Å². The van der Waals surface area contributed by atoms with E-state index in [1.54, 1.807) is 27.7 Å². The van der Waals surface area contributed by atoms with Gasteiger partial charge in [-0.15, -0.1) is 0 Å². The molecular weight excluding hydrogens is 555 g/mol. The van der Waals surface area contributed by atoms with Gasteiger partial charge in [-0.3, -0.25) is 14.4 Å². The maximum Gasteiger partial charge on any atom is 0.330 e. The summed E-state index contributed by atoms with van der Waals surface area (Å²) in [6, 6.07) is 13.7. The number of nitrogens with one attached hydrogen (secondary N) is 3. The Bertz CT molecular complexity index is 1400. The average Bonchev–Trinajstić information content (AvgIpc) is 3.42. The minimum absolute atomic E-state index is 0.0219. The molecule has 0 saturated carbocycles. The minimum Gasteiger partial charge on any atom is -0.463 e. The van der Waals surface area contributed by atoms with Crippen LogP contribution in [0, 0.1) is 18.7 Å². The molecule has 3 aromatic rings. The van der Waals surface area contributed by atoms with Crippen LogP contribution in [0.15, 0.2) is 77.3 Å². The van der Waals surface area contributed by atoms with Crippen LogP contribution >= 0.6 is 0 Å². The van der Waals surface area contributed by atoms with Crippen LogP contribution < -0.4 is 16.0 Å². The van der Waals surface area contributed by atoms with Crippen molar-refractivity contribution in [2.45, 2.75) is 58.7 Å². The third-order valence-corrected chi connectivity index (χ3v) is 6.46. The molecule has 0 spiro atoms. The van der Waals surface area contributed by atoms with Gasteiger partial charge in [-0.1, -0.05) is 67.5 Å². The molecule has 3 N–H and O–H groups in total. The van der Waals surface area contributed by atoms with Crippen LogP contribution in [0.5, 0.6) is 0 Å². The molecule has 1 aromatic heterocycles. The second kappa shape index (κ2) is 16.0. The monoisotopic (exact) mass is 592 g/mol. The van der Waals surface area contributed by atoms with Gasteiger partial charge in [0, 0.05) is 18.6 Å². The number of aromatic nitrogens is 1. The molecule has 0 radical (unpaired) electrons. The van der Waals surface area contributed by atoms with Crippen LogP contribution in [-0.2, 0) is 32.0 Å². The number of esters is 1. The Morgan fingerprint density at radius 1 is 0.930 bits per heavy atom. The van der Waals surface area contributed by atoms with Crippen molar-refractivity contribution in [1.82, 2.24) is 21.1 Å². The zero-order valence-corrected chi connectivity index (χ0v) is 24.6. The van der Waals surface area contributed by atoms with Crippen molar-refractivity contribution in [3.63, 3.8) is 0 Å². The van der Waals surface area contributed by atoms with E-state index in [2.05, 4.69) is 21.1 Å². The van der Waals surface area contributed by atoms with E-state index in [-0.39, 0.29) is 24.6 Å². The van der Waals surface area contributed by atoms with Gasteiger partial charge in [0.15, 0.2) is 5.69 Å². The molecule has 1 heterocycles. The van der Waals surface area contributed by atoms with Crippen molar-refractivity contribution in [3.8, 4) is 0 Å². The average molecular weight is 593 g/mol. The topological polar surface area (TPSA) is 140 Å². The standard InChI is InChI=1S/C32H37FN4O6/c1-5-42-28(38)16-15-25(18-22-9-7-6-8-10-22)34-30(39)26(19-23-11-13-24(33)14-12-23)35-32(41)29(20(2)3)36-31(40)27-17-21(4)43-37-27/h6-17,20,25-26,29H,5,18-19H2,1-4H3,(H,34,39)(H,35,41)(H,36,40)/b16-15+/t25-,26+,29+/m1/s1. The van der Waals surface area contributed by atoms with Crippen LogP contribution in [0.4, 0.5) is 4.39 Å². The summed E-state index contributed by atoms with van der Waals surface area (Å²) in [5, 5.41) is 12.0. The number of ether oxygens (including phenoxy) is 1. The lowest BCUT2D eigenvalue weighted by Crippen LogP contribution is -2.57. The van der Waals surface area contributed by atoms with Crippen molar-refractivity contribution < 1.29 is 32.8 Å². The first kappa shape index (κ1) is 32.7. The van der Waals surface area contributed by atoms with E-state index in [0.29, 0.717) is 17.7 Å². The van der Waals surface area contributed by atoms with Gasteiger partial charge in [-0.05, 0) is 49.4 Å². The third kappa shape index (κ3) is 10.5. The molecule has 43 heavy (non-hydrogen) atoms. The first-order valence-electron chi connectivity index (χ1n) is 14.0. The summed E-state index contributed by atoms with van der Waals surface area (Å²) in [6.45, 7) is 7.04. The number of rotatable bonds is 14. The van der Waals surface area contributed by atoms with Gasteiger partial charge in [0.05, 0.1) is 12.6 Å². The molecule has 10 nitrogen and oxygen atoms in total. The second-order valence-electron chi connectivity index (χ2n) is 10.3. The Balaban J connectivity index is 1.84. The number of hydrogen-bond acceptors (Lipinski definition) is 7. The van der Waals surface area contributed by atoms with Gasteiger partial charge in [0.1, 0.15) is 23.7 Å². The highest BCUT2D eigenvalue weighted by Crippen LogP contribution is 2.11. The maximum absolute atomic E-state index is 13.7. The molecule has 0 aliphatic heterocycles. The summed E-state index contributed by atoms with van der Waals surface area (Å²) in [4.78, 5) is 51.9. The molecule has 3 rings (SSSR count). The summed E-state index contributed by atoms with van der Waals surface area (Å²) in [5.41, 5.74) is 1.53. The molecule has 0 bridgehead atoms. The van der Waals surface area contributed by atoms with Crippen LogP contribution in [0.25, 0.3) is 0 Å². The first-order chi connectivity index (χ1) is 20.5. The Morgan fingerprint density at radius 2 is 1.60 bits per heavy atom. The number of carbonyl (C=O) groups is 4. The van der Waals surface area contributed by atoms with Crippen LogP contribution in [0.1, 0.15) is 48.1 Å². The highest BCUT2D eigenvalue weighted by atomic mass is 19.1. The molecule has 0 aliphatic carbocycles. The predicted octanol–water partition coefficient (Wildman–Crippen LogP) is 3.45. The quantitative estimate of drug-likeness (QED) is 0.192. The minimum atomic E-state index is -1.10. The molecule has 11 heteroatoms. The molecule has 2 aromatic carbocycles. The highest BCUT2D eigenvalue weighted by Gasteiger charge is 2.30. The normalized spacial score (nSPS) is 13.3. The number of benzene rings is 2. The Labute approximate surface area is 250 Å². The van der Waals surface area contributed by atoms with Crippen LogP contribution in [0.3, 0.4) is 0 Å². The number of halogens is 1. The Hall–Kier alpha value is -4.80. The Morgan fingerprint density at radius 3 is 2.21 bits per heavy atom. The number of hydrogen-bond donors (Lipinski definition) is 3. The molecule has 3 atom stereocenters. The SMILES string of the molecule is CCOC(=O)/C=C/[C@H](Cc1ccccc1)NC(=O)[C@H](Cc1ccc(F)cc1)NC(=O)[C@@H](NC(=O)c1cc(C)on1)C(C)C. The Kier molecular flexibility index (Phi) is 12.2. The summed E-state index contributed by atoms with van der Waals surface area (Å²) >= 11 is 0. The summed E-state index contributed by atoms with van der Waals surface area (Å²) in [6.07, 6.45) is 3.19. The lowest BCUT2D eigenvalue weighted by atomic mass is 10.00. The third-order valence-electron chi connectivity index (χ3n) is 6.46. The molecule has 0 unspecified atom stereocenters. The fraction of sp³-hybridized carbons (Fsp3) is 0.344. The fourth-order valence-electron chi connectivity index (χ4n) is 4.25. The van der Waals surface area contributed by atoms with Crippen molar-refractivity contribution in [2.24, 2.45) is 5.92 Å². The van der Waals surface area contributed by atoms with Crippen molar-refractivity contribution in [1.29, 1.82) is 0 Å². The first-order valence-corrected chi connectivity index (χ1v) is 14.0. The lowest BCUT2D eigenvalue weighted by Gasteiger charge is -2.26. The number of aryl methyl sites for hydroxylation is 1. The molecular formula is C32H37FN4O6. The van der Waals surface area contributed by atoms with Gasteiger partial charge in [-0.2, -0.15) is 0 Å². The molecule has 0 saturated heterocycles. The summed E-state index contributed by atoms with van der Waals surface area (Å²) in [5.74, 6) is -2.62. The smallest absolute Gasteiger partial charge is 0.330 e. The van der Waals surface area contributed by atoms with E-state index in [1.807, 2.05) is 30.3 Å². The van der Waals surface area contributed by atoms with Gasteiger partial charge in [0.2, 0.25) is 11.8 Å². The van der Waals surface area contributed by atoms with Crippen molar-refractivity contribution in [2.75, 3.05) is 6.61 Å². The number of amides is 3. The molecule has 0 aliphatic rings. The zero-order valence-electron chi connectivity index (χ0n) is 24.6. The highest BCUT2D eigenvalue weighted by molar-refractivity contribution is 5.97. The maximum atomic E-state index is 13.7. The fourth-order valence-corrected chi connectivity index (χ4v) is 4.25. The van der Waals surface area contributed by atoms with Gasteiger partial charge >= 0.3 is 5.97 Å². The predicted molar refractivity (Wildman–Crippen MR) is 157 cm³/mol. The van der Waals surface area contributed by atoms with Crippen LogP contribution in [0.2, 0.25) is 0 Å². The molecule has 0 fully saturated rings. The lowest BCUT2D eigenvalue weighted by molar-refractivity contribution is -0.137.